The maximum Gasteiger partial charge on any atom is 0.275 e. The molecule has 0 aliphatic heterocycles. The van der Waals surface area contributed by atoms with Crippen LogP contribution in [-0.4, -0.2) is 25.8 Å². The molecule has 0 atom stereocenters. The number of carbonyl (C=O) groups is 1. The molecule has 0 spiro atoms. The molecule has 1 amide bonds. The molecule has 33 heavy (non-hydrogen) atoms. The van der Waals surface area contributed by atoms with Crippen LogP contribution in [0, 0.1) is 0 Å². The van der Waals surface area contributed by atoms with E-state index in [0.29, 0.717) is 46.6 Å². The highest BCUT2D eigenvalue weighted by Crippen LogP contribution is 2.37. The zero-order chi connectivity index (χ0) is 23.8. The van der Waals surface area contributed by atoms with Crippen LogP contribution in [0.3, 0.4) is 0 Å². The highest BCUT2D eigenvalue weighted by Gasteiger charge is 2.14. The van der Waals surface area contributed by atoms with Gasteiger partial charge in [-0.2, -0.15) is 5.10 Å². The lowest BCUT2D eigenvalue weighted by Crippen LogP contribution is -2.18. The maximum absolute atomic E-state index is 12.5. The molecule has 0 aliphatic carbocycles. The predicted octanol–water partition coefficient (Wildman–Crippen LogP) is 6.62. The molecule has 0 saturated heterocycles. The summed E-state index contributed by atoms with van der Waals surface area (Å²) in [7, 11) is 1.50. The number of hydrogen-bond acceptors (Lipinski definition) is 5. The first-order chi connectivity index (χ1) is 15.9. The number of amides is 1. The summed E-state index contributed by atoms with van der Waals surface area (Å²) in [5, 5.41) is 4.42. The number of ether oxygens (including phenoxy) is 3. The summed E-state index contributed by atoms with van der Waals surface area (Å²) in [6.45, 7) is 2.65. The summed E-state index contributed by atoms with van der Waals surface area (Å²) in [5.74, 6) is 0.972. The van der Waals surface area contributed by atoms with Crippen molar-refractivity contribution in [3.63, 3.8) is 0 Å². The number of carbonyl (C=O) groups excluding carboxylic acids is 1. The van der Waals surface area contributed by atoms with Crippen LogP contribution in [0.4, 0.5) is 0 Å². The van der Waals surface area contributed by atoms with E-state index in [0.717, 1.165) is 14.5 Å². The van der Waals surface area contributed by atoms with Gasteiger partial charge in [0.05, 0.1) is 30.5 Å². The average molecular weight is 597 g/mol. The van der Waals surface area contributed by atoms with Crippen LogP contribution in [0.1, 0.15) is 28.4 Å². The van der Waals surface area contributed by atoms with Gasteiger partial charge in [-0.25, -0.2) is 5.43 Å². The van der Waals surface area contributed by atoms with Gasteiger partial charge in [-0.3, -0.25) is 4.79 Å². The van der Waals surface area contributed by atoms with Crippen LogP contribution < -0.4 is 19.6 Å². The Kier molecular flexibility index (Phi) is 9.17. The molecule has 3 aromatic carbocycles. The van der Waals surface area contributed by atoms with Gasteiger partial charge in [0, 0.05) is 8.95 Å². The SMILES string of the molecule is CCOc1cc(/C=N\NC(=O)c2cc(Br)ccc2OC)cc(Cl)c1OCc1ccc(Br)cc1. The number of benzene rings is 3. The monoisotopic (exact) mass is 594 g/mol. The third kappa shape index (κ3) is 6.96. The first kappa shape index (κ1) is 25.1. The smallest absolute Gasteiger partial charge is 0.275 e. The third-order valence-corrected chi connectivity index (χ3v) is 5.72. The predicted molar refractivity (Wildman–Crippen MR) is 137 cm³/mol. The van der Waals surface area contributed by atoms with E-state index in [1.165, 1.54) is 13.3 Å². The van der Waals surface area contributed by atoms with E-state index >= 15 is 0 Å². The summed E-state index contributed by atoms with van der Waals surface area (Å²) < 4.78 is 18.6. The average Bonchev–Trinajstić information content (AvgIpc) is 2.80. The molecule has 0 aliphatic rings. The van der Waals surface area contributed by atoms with E-state index in [1.807, 2.05) is 31.2 Å². The van der Waals surface area contributed by atoms with Crippen molar-refractivity contribution in [2.45, 2.75) is 13.5 Å². The quantitative estimate of drug-likeness (QED) is 0.223. The normalized spacial score (nSPS) is 10.8. The van der Waals surface area contributed by atoms with Crippen molar-refractivity contribution in [1.29, 1.82) is 0 Å². The molecule has 0 fully saturated rings. The van der Waals surface area contributed by atoms with Crippen LogP contribution in [0.5, 0.6) is 17.2 Å². The lowest BCUT2D eigenvalue weighted by molar-refractivity contribution is 0.0952. The lowest BCUT2D eigenvalue weighted by atomic mass is 10.2. The van der Waals surface area contributed by atoms with Gasteiger partial charge in [0.2, 0.25) is 0 Å². The second-order valence-corrected chi connectivity index (χ2v) is 8.96. The number of hydrazone groups is 1. The summed E-state index contributed by atoms with van der Waals surface area (Å²) in [5.41, 5.74) is 4.49. The van der Waals surface area contributed by atoms with Gasteiger partial charge in [0.1, 0.15) is 12.4 Å². The van der Waals surface area contributed by atoms with Crippen LogP contribution in [0.15, 0.2) is 68.6 Å². The minimum Gasteiger partial charge on any atom is -0.496 e. The molecule has 0 saturated carbocycles. The van der Waals surface area contributed by atoms with Crippen LogP contribution in [0.25, 0.3) is 0 Å². The molecule has 0 aromatic heterocycles. The topological polar surface area (TPSA) is 69.2 Å². The van der Waals surface area contributed by atoms with Crippen molar-refractivity contribution in [3.8, 4) is 17.2 Å². The molecule has 1 N–H and O–H groups in total. The van der Waals surface area contributed by atoms with E-state index in [9.17, 15) is 4.79 Å². The Hall–Kier alpha value is -2.55. The molecule has 6 nitrogen and oxygen atoms in total. The van der Waals surface area contributed by atoms with Crippen molar-refractivity contribution in [2.24, 2.45) is 5.10 Å². The van der Waals surface area contributed by atoms with Gasteiger partial charge in [-0.1, -0.05) is 55.6 Å². The van der Waals surface area contributed by atoms with Gasteiger partial charge in [0.25, 0.3) is 5.91 Å². The number of rotatable bonds is 9. The molecule has 0 radical (unpaired) electrons. The molecule has 3 rings (SSSR count). The highest BCUT2D eigenvalue weighted by molar-refractivity contribution is 9.10. The van der Waals surface area contributed by atoms with Crippen molar-refractivity contribution < 1.29 is 19.0 Å². The Bertz CT molecular complexity index is 1150. The number of halogens is 3. The Labute approximate surface area is 214 Å². The fourth-order valence-electron chi connectivity index (χ4n) is 2.88. The second kappa shape index (κ2) is 12.1. The Morgan fingerprint density at radius 2 is 1.76 bits per heavy atom. The zero-order valence-electron chi connectivity index (χ0n) is 17.9. The standard InChI is InChI=1S/C24H21Br2ClN2O4/c1-3-32-22-11-16(10-20(27)23(22)33-14-15-4-6-17(25)7-5-15)13-28-29-24(30)19-12-18(26)8-9-21(19)31-2/h4-13H,3,14H2,1-2H3,(H,29,30)/b28-13-. The van der Waals surface area contributed by atoms with Crippen LogP contribution >= 0.6 is 43.5 Å². The van der Waals surface area contributed by atoms with E-state index in [-0.39, 0.29) is 0 Å². The van der Waals surface area contributed by atoms with Crippen molar-refractivity contribution >= 4 is 55.6 Å². The summed E-state index contributed by atoms with van der Waals surface area (Å²) in [4.78, 5) is 12.5. The minimum atomic E-state index is -0.407. The molecule has 172 valence electrons. The Balaban J connectivity index is 1.74. The van der Waals surface area contributed by atoms with Gasteiger partial charge < -0.3 is 14.2 Å². The summed E-state index contributed by atoms with van der Waals surface area (Å²) in [6.07, 6.45) is 1.48. The van der Waals surface area contributed by atoms with Crippen molar-refractivity contribution in [3.05, 3.63) is 85.3 Å². The molecule has 9 heteroatoms. The largest absolute Gasteiger partial charge is 0.496 e. The third-order valence-electron chi connectivity index (χ3n) is 4.41. The first-order valence-corrected chi connectivity index (χ1v) is 11.9. The van der Waals surface area contributed by atoms with Crippen molar-refractivity contribution in [2.75, 3.05) is 13.7 Å². The Morgan fingerprint density at radius 3 is 2.45 bits per heavy atom. The fraction of sp³-hybridized carbons (Fsp3) is 0.167. The molecule has 0 bridgehead atoms. The summed E-state index contributed by atoms with van der Waals surface area (Å²) in [6, 6.07) is 16.4. The van der Waals surface area contributed by atoms with Crippen LogP contribution in [0.2, 0.25) is 5.02 Å². The summed E-state index contributed by atoms with van der Waals surface area (Å²) >= 11 is 13.2. The molecule has 3 aromatic rings. The van der Waals surface area contributed by atoms with E-state index in [1.54, 1.807) is 30.3 Å². The number of methoxy groups -OCH3 is 1. The lowest BCUT2D eigenvalue weighted by Gasteiger charge is -2.14. The molecule has 0 heterocycles. The van der Waals surface area contributed by atoms with Gasteiger partial charge in [0.15, 0.2) is 11.5 Å². The van der Waals surface area contributed by atoms with Gasteiger partial charge >= 0.3 is 0 Å². The van der Waals surface area contributed by atoms with Gasteiger partial charge in [-0.15, -0.1) is 0 Å². The number of nitrogens with zero attached hydrogens (tertiary/aromatic N) is 1. The fourth-order valence-corrected chi connectivity index (χ4v) is 3.78. The second-order valence-electron chi connectivity index (χ2n) is 6.72. The minimum absolute atomic E-state index is 0.338. The Morgan fingerprint density at radius 1 is 1.03 bits per heavy atom. The highest BCUT2D eigenvalue weighted by atomic mass is 79.9. The first-order valence-electron chi connectivity index (χ1n) is 9.91. The van der Waals surface area contributed by atoms with E-state index in [2.05, 4.69) is 42.4 Å². The van der Waals surface area contributed by atoms with Crippen LogP contribution in [-0.2, 0) is 6.61 Å². The zero-order valence-corrected chi connectivity index (χ0v) is 21.8. The maximum atomic E-state index is 12.5. The number of hydrogen-bond donors (Lipinski definition) is 1. The van der Waals surface area contributed by atoms with E-state index < -0.39 is 5.91 Å². The number of nitrogens with one attached hydrogen (secondary N) is 1. The van der Waals surface area contributed by atoms with E-state index in [4.69, 9.17) is 25.8 Å². The van der Waals surface area contributed by atoms with Crippen molar-refractivity contribution in [1.82, 2.24) is 5.43 Å². The van der Waals surface area contributed by atoms with Gasteiger partial charge in [-0.05, 0) is 60.5 Å². The molecule has 0 unspecified atom stereocenters. The molecular weight excluding hydrogens is 576 g/mol. The molecular formula is C24H21Br2ClN2O4.